The van der Waals surface area contributed by atoms with Crippen molar-refractivity contribution in [1.82, 2.24) is 9.47 Å². The number of carbonyl (C=O) groups is 2. The van der Waals surface area contributed by atoms with E-state index in [0.29, 0.717) is 44.8 Å². The maximum atomic E-state index is 13.7. The lowest BCUT2D eigenvalue weighted by Gasteiger charge is -2.31. The second-order valence-electron chi connectivity index (χ2n) is 7.36. The lowest BCUT2D eigenvalue weighted by Crippen LogP contribution is -2.41. The van der Waals surface area contributed by atoms with Gasteiger partial charge in [-0.1, -0.05) is 12.1 Å². The number of ether oxygens (including phenoxy) is 1. The fourth-order valence-corrected chi connectivity index (χ4v) is 5.62. The summed E-state index contributed by atoms with van der Waals surface area (Å²) in [6.45, 7) is 3.60. The summed E-state index contributed by atoms with van der Waals surface area (Å²) in [5, 5.41) is 1.99. The van der Waals surface area contributed by atoms with Crippen LogP contribution in [0.4, 0.5) is 4.39 Å². The van der Waals surface area contributed by atoms with Crippen LogP contribution < -0.4 is 0 Å². The van der Waals surface area contributed by atoms with E-state index in [1.165, 1.54) is 12.1 Å². The molecule has 4 rings (SSSR count). The van der Waals surface area contributed by atoms with E-state index in [2.05, 4.69) is 15.9 Å². The van der Waals surface area contributed by atoms with Crippen LogP contribution in [-0.4, -0.2) is 41.0 Å². The summed E-state index contributed by atoms with van der Waals surface area (Å²) in [4.78, 5) is 27.1. The number of nitrogens with zero attached hydrogens (tertiary/aromatic N) is 2. The zero-order valence-electron chi connectivity index (χ0n) is 16.6. The number of esters is 1. The van der Waals surface area contributed by atoms with E-state index < -0.39 is 0 Å². The van der Waals surface area contributed by atoms with Gasteiger partial charge in [0.15, 0.2) is 0 Å². The Hall–Kier alpha value is -2.19. The topological polar surface area (TPSA) is 51.5 Å². The minimum atomic E-state index is -0.297. The van der Waals surface area contributed by atoms with Gasteiger partial charge in [0, 0.05) is 25.0 Å². The minimum Gasteiger partial charge on any atom is -0.466 e. The first-order valence-corrected chi connectivity index (χ1v) is 11.6. The Balaban J connectivity index is 1.59. The van der Waals surface area contributed by atoms with Gasteiger partial charge in [-0.2, -0.15) is 0 Å². The third-order valence-corrected chi connectivity index (χ3v) is 7.25. The highest BCUT2D eigenvalue weighted by Crippen LogP contribution is 2.34. The lowest BCUT2D eigenvalue weighted by molar-refractivity contribution is -0.149. The second-order valence-corrected chi connectivity index (χ2v) is 9.13. The summed E-state index contributed by atoms with van der Waals surface area (Å²) < 4.78 is 22.7. The SMILES string of the molecule is CCOC(=O)C1CCN(C(=O)c2cc3scc(Br)c3n2Cc2cccc(F)c2)CC1. The smallest absolute Gasteiger partial charge is 0.309 e. The average molecular weight is 493 g/mol. The second kappa shape index (κ2) is 8.89. The van der Waals surface area contributed by atoms with Gasteiger partial charge < -0.3 is 14.2 Å². The van der Waals surface area contributed by atoms with Crippen molar-refractivity contribution in [2.24, 2.45) is 5.92 Å². The molecule has 0 saturated carbocycles. The number of halogens is 2. The highest BCUT2D eigenvalue weighted by Gasteiger charge is 2.30. The summed E-state index contributed by atoms with van der Waals surface area (Å²) >= 11 is 5.14. The van der Waals surface area contributed by atoms with E-state index in [4.69, 9.17) is 4.74 Å². The Morgan fingerprint density at radius 3 is 2.73 bits per heavy atom. The number of rotatable bonds is 5. The molecule has 0 N–H and O–H groups in total. The minimum absolute atomic E-state index is 0.0657. The summed E-state index contributed by atoms with van der Waals surface area (Å²) in [5.74, 6) is -0.688. The summed E-state index contributed by atoms with van der Waals surface area (Å²) in [5.41, 5.74) is 2.31. The van der Waals surface area contributed by atoms with Crippen molar-refractivity contribution in [3.63, 3.8) is 0 Å². The molecule has 0 radical (unpaired) electrons. The van der Waals surface area contributed by atoms with Crippen molar-refractivity contribution in [3.05, 3.63) is 57.3 Å². The van der Waals surface area contributed by atoms with E-state index in [1.54, 1.807) is 29.2 Å². The molecule has 1 amide bonds. The Kier molecular flexibility index (Phi) is 6.24. The number of aromatic nitrogens is 1. The molecule has 158 valence electrons. The summed E-state index contributed by atoms with van der Waals surface area (Å²) in [6, 6.07) is 8.34. The molecule has 1 saturated heterocycles. The summed E-state index contributed by atoms with van der Waals surface area (Å²) in [7, 11) is 0. The molecule has 0 bridgehead atoms. The molecule has 8 heteroatoms. The van der Waals surface area contributed by atoms with Crippen LogP contribution >= 0.6 is 27.3 Å². The molecule has 1 aliphatic rings. The predicted octanol–water partition coefficient (Wildman–Crippen LogP) is 5.07. The van der Waals surface area contributed by atoms with Crippen LogP contribution in [0.5, 0.6) is 0 Å². The first kappa shape index (κ1) is 21.1. The lowest BCUT2D eigenvalue weighted by atomic mass is 9.97. The largest absolute Gasteiger partial charge is 0.466 e. The number of amides is 1. The highest BCUT2D eigenvalue weighted by atomic mass is 79.9. The number of fused-ring (bicyclic) bond motifs is 1. The van der Waals surface area contributed by atoms with Gasteiger partial charge in [0.05, 0.1) is 27.2 Å². The van der Waals surface area contributed by atoms with E-state index in [1.807, 2.05) is 22.1 Å². The molecule has 30 heavy (non-hydrogen) atoms. The van der Waals surface area contributed by atoms with Crippen LogP contribution in [-0.2, 0) is 16.1 Å². The molecule has 3 aromatic rings. The maximum Gasteiger partial charge on any atom is 0.309 e. The van der Waals surface area contributed by atoms with Gasteiger partial charge in [0.1, 0.15) is 11.5 Å². The van der Waals surface area contributed by atoms with Crippen LogP contribution in [0.2, 0.25) is 0 Å². The Labute approximate surface area is 186 Å². The van der Waals surface area contributed by atoms with E-state index in [-0.39, 0.29) is 23.6 Å². The van der Waals surface area contributed by atoms with Crippen molar-refractivity contribution in [3.8, 4) is 0 Å². The van der Waals surface area contributed by atoms with E-state index >= 15 is 0 Å². The van der Waals surface area contributed by atoms with Gasteiger partial charge in [-0.3, -0.25) is 9.59 Å². The molecule has 0 atom stereocenters. The summed E-state index contributed by atoms with van der Waals surface area (Å²) in [6.07, 6.45) is 1.21. The van der Waals surface area contributed by atoms with Crippen molar-refractivity contribution in [1.29, 1.82) is 0 Å². The molecule has 0 aliphatic carbocycles. The molecule has 3 heterocycles. The number of likely N-dealkylation sites (tertiary alicyclic amines) is 1. The molecule has 5 nitrogen and oxygen atoms in total. The van der Waals surface area contributed by atoms with Crippen molar-refractivity contribution in [2.75, 3.05) is 19.7 Å². The standard InChI is InChI=1S/C22H22BrFN2O3S/c1-2-29-22(28)15-6-8-25(9-7-15)21(27)18-11-19-20(17(23)13-30-19)26(18)12-14-4-3-5-16(24)10-14/h3-5,10-11,13,15H,2,6-9,12H2,1H3. The Morgan fingerprint density at radius 2 is 2.03 bits per heavy atom. The quantitative estimate of drug-likeness (QED) is 0.467. The van der Waals surface area contributed by atoms with Crippen LogP contribution in [0.15, 0.2) is 40.2 Å². The van der Waals surface area contributed by atoms with Crippen LogP contribution in [0.3, 0.4) is 0 Å². The van der Waals surface area contributed by atoms with Crippen molar-refractivity contribution in [2.45, 2.75) is 26.3 Å². The van der Waals surface area contributed by atoms with Gasteiger partial charge in [-0.05, 0) is 59.5 Å². The zero-order chi connectivity index (χ0) is 21.3. The van der Waals surface area contributed by atoms with Gasteiger partial charge >= 0.3 is 5.97 Å². The zero-order valence-corrected chi connectivity index (χ0v) is 19.0. The highest BCUT2D eigenvalue weighted by molar-refractivity contribution is 9.10. The Bertz CT molecular complexity index is 1090. The van der Waals surface area contributed by atoms with Crippen molar-refractivity contribution < 1.29 is 18.7 Å². The molecular formula is C22H22BrFN2O3S. The fraction of sp³-hybridized carbons (Fsp3) is 0.364. The number of thiophene rings is 1. The van der Waals surface area contributed by atoms with Crippen LogP contribution in [0.25, 0.3) is 10.2 Å². The van der Waals surface area contributed by atoms with Gasteiger partial charge in [0.25, 0.3) is 5.91 Å². The monoisotopic (exact) mass is 492 g/mol. The number of hydrogen-bond donors (Lipinski definition) is 0. The predicted molar refractivity (Wildman–Crippen MR) is 118 cm³/mol. The molecule has 0 unspecified atom stereocenters. The van der Waals surface area contributed by atoms with Gasteiger partial charge in [-0.15, -0.1) is 11.3 Å². The Morgan fingerprint density at radius 1 is 1.27 bits per heavy atom. The molecule has 1 aliphatic heterocycles. The van der Waals surface area contributed by atoms with E-state index in [0.717, 1.165) is 20.3 Å². The molecule has 1 fully saturated rings. The molecule has 0 spiro atoms. The van der Waals surface area contributed by atoms with Crippen LogP contribution in [0, 0.1) is 11.7 Å². The third-order valence-electron chi connectivity index (χ3n) is 5.43. The molecule has 2 aromatic heterocycles. The average Bonchev–Trinajstić information content (AvgIpc) is 3.28. The fourth-order valence-electron chi connectivity index (χ4n) is 3.93. The van der Waals surface area contributed by atoms with E-state index in [9.17, 15) is 14.0 Å². The normalized spacial score (nSPS) is 15.0. The van der Waals surface area contributed by atoms with Crippen molar-refractivity contribution >= 4 is 49.4 Å². The van der Waals surface area contributed by atoms with Gasteiger partial charge in [-0.25, -0.2) is 4.39 Å². The molecular weight excluding hydrogens is 471 g/mol. The molecule has 1 aromatic carbocycles. The number of piperidine rings is 1. The van der Waals surface area contributed by atoms with Gasteiger partial charge in [0.2, 0.25) is 0 Å². The third kappa shape index (κ3) is 4.16. The maximum absolute atomic E-state index is 13.7. The first-order chi connectivity index (χ1) is 14.5. The number of carbonyl (C=O) groups excluding carboxylic acids is 2. The number of benzene rings is 1. The first-order valence-electron chi connectivity index (χ1n) is 9.94. The number of hydrogen-bond acceptors (Lipinski definition) is 4. The van der Waals surface area contributed by atoms with Crippen LogP contribution in [0.1, 0.15) is 35.8 Å².